The standard InChI is InChI=1S/C18H19N5O2S2.2C2HF3O2/c24-27(25,17-4-2-8-26-17)23-15-5-6-16-14(9-15)12-21-18(22-16)20-11-13-3-1-7-19-10-13;2*3-2(4,5)1(6)7/h1-4,7-8,10,12,15,23H,5-6,9,11H2,(H,20,21,22);2*(H,6,7). The third-order valence-corrected chi connectivity index (χ3v) is 7.81. The summed E-state index contributed by atoms with van der Waals surface area (Å²) in [6.07, 6.45) is -2.80. The number of alkyl halides is 6. The van der Waals surface area contributed by atoms with Crippen molar-refractivity contribution in [2.24, 2.45) is 0 Å². The predicted octanol–water partition coefficient (Wildman–Crippen LogP) is 3.65. The molecule has 0 aromatic carbocycles. The van der Waals surface area contributed by atoms with Crippen LogP contribution in [0.25, 0.3) is 0 Å². The summed E-state index contributed by atoms with van der Waals surface area (Å²) in [4.78, 5) is 30.8. The first-order valence-electron chi connectivity index (χ1n) is 11.1. The molecule has 0 saturated heterocycles. The minimum atomic E-state index is -5.08. The summed E-state index contributed by atoms with van der Waals surface area (Å²) in [5.74, 6) is -4.93. The number of rotatable bonds is 6. The van der Waals surface area contributed by atoms with E-state index in [1.54, 1.807) is 36.1 Å². The molecule has 0 spiro atoms. The number of nitrogens with zero attached hydrogens (tertiary/aromatic N) is 3. The lowest BCUT2D eigenvalue weighted by Crippen LogP contribution is -2.38. The van der Waals surface area contributed by atoms with Crippen LogP contribution in [-0.4, -0.2) is 63.9 Å². The van der Waals surface area contributed by atoms with Crippen LogP contribution in [0.3, 0.4) is 0 Å². The van der Waals surface area contributed by atoms with Gasteiger partial charge >= 0.3 is 24.3 Å². The number of aryl methyl sites for hydroxylation is 1. The summed E-state index contributed by atoms with van der Waals surface area (Å²) in [5, 5.41) is 19.2. The maximum atomic E-state index is 12.4. The lowest BCUT2D eigenvalue weighted by molar-refractivity contribution is -0.193. The van der Waals surface area contributed by atoms with Gasteiger partial charge in [-0.25, -0.2) is 32.7 Å². The highest BCUT2D eigenvalue weighted by atomic mass is 32.2. The molecule has 0 fully saturated rings. The van der Waals surface area contributed by atoms with Crippen molar-refractivity contribution in [1.82, 2.24) is 19.7 Å². The van der Waals surface area contributed by atoms with Crippen molar-refractivity contribution in [2.45, 2.75) is 48.4 Å². The van der Waals surface area contributed by atoms with E-state index >= 15 is 0 Å². The molecule has 224 valence electrons. The number of carboxylic acid groups (broad SMARTS) is 2. The maximum absolute atomic E-state index is 12.4. The number of anilines is 1. The Morgan fingerprint density at radius 1 is 1.02 bits per heavy atom. The van der Waals surface area contributed by atoms with Crippen LogP contribution in [-0.2, 0) is 39.0 Å². The van der Waals surface area contributed by atoms with E-state index in [9.17, 15) is 34.8 Å². The Labute approximate surface area is 232 Å². The Bertz CT molecular complexity index is 1380. The fraction of sp³-hybridized carbons (Fsp3) is 0.318. The maximum Gasteiger partial charge on any atom is 0.490 e. The number of nitrogens with one attached hydrogen (secondary N) is 2. The fourth-order valence-corrected chi connectivity index (χ4v) is 5.35. The number of sulfonamides is 1. The van der Waals surface area contributed by atoms with Crippen molar-refractivity contribution in [3.8, 4) is 0 Å². The van der Waals surface area contributed by atoms with Gasteiger partial charge in [0.05, 0.1) is 0 Å². The predicted molar refractivity (Wildman–Crippen MR) is 131 cm³/mol. The first kappa shape index (κ1) is 33.4. The number of hydrogen-bond acceptors (Lipinski definition) is 9. The number of aliphatic carboxylic acids is 2. The Morgan fingerprint density at radius 2 is 1.66 bits per heavy atom. The summed E-state index contributed by atoms with van der Waals surface area (Å²) in [6, 6.07) is 7.10. The van der Waals surface area contributed by atoms with Crippen molar-refractivity contribution >= 4 is 39.2 Å². The van der Waals surface area contributed by atoms with Crippen LogP contribution >= 0.6 is 11.3 Å². The van der Waals surface area contributed by atoms with Gasteiger partial charge in [-0.15, -0.1) is 11.3 Å². The van der Waals surface area contributed by atoms with E-state index < -0.39 is 34.3 Å². The first-order valence-corrected chi connectivity index (χ1v) is 13.5. The van der Waals surface area contributed by atoms with Gasteiger partial charge in [0.1, 0.15) is 4.21 Å². The quantitative estimate of drug-likeness (QED) is 0.295. The van der Waals surface area contributed by atoms with Crippen LogP contribution in [0.4, 0.5) is 32.3 Å². The van der Waals surface area contributed by atoms with Gasteiger partial charge in [0.25, 0.3) is 0 Å². The molecule has 19 heteroatoms. The van der Waals surface area contributed by atoms with Gasteiger partial charge in [0, 0.05) is 36.9 Å². The van der Waals surface area contributed by atoms with Crippen molar-refractivity contribution in [3.05, 3.63) is 65.1 Å². The van der Waals surface area contributed by atoms with Gasteiger partial charge in [0.2, 0.25) is 16.0 Å². The zero-order valence-corrected chi connectivity index (χ0v) is 22.1. The molecule has 1 unspecified atom stereocenters. The summed E-state index contributed by atoms with van der Waals surface area (Å²) in [5.41, 5.74) is 3.03. The lowest BCUT2D eigenvalue weighted by Gasteiger charge is -2.24. The average molecular weight is 630 g/mol. The van der Waals surface area contributed by atoms with Crippen LogP contribution in [0.1, 0.15) is 23.2 Å². The molecular formula is C22H21F6N5O6S2. The van der Waals surface area contributed by atoms with Crippen molar-refractivity contribution < 1.29 is 54.6 Å². The molecule has 3 aromatic rings. The molecule has 0 saturated carbocycles. The van der Waals surface area contributed by atoms with Crippen LogP contribution in [0, 0.1) is 0 Å². The van der Waals surface area contributed by atoms with E-state index in [-0.39, 0.29) is 6.04 Å². The largest absolute Gasteiger partial charge is 0.490 e. The van der Waals surface area contributed by atoms with E-state index in [4.69, 9.17) is 19.8 Å². The molecule has 4 N–H and O–H groups in total. The highest BCUT2D eigenvalue weighted by Crippen LogP contribution is 2.23. The molecule has 0 aliphatic heterocycles. The highest BCUT2D eigenvalue weighted by molar-refractivity contribution is 7.91. The molecule has 11 nitrogen and oxygen atoms in total. The summed E-state index contributed by atoms with van der Waals surface area (Å²) in [7, 11) is -3.46. The molecule has 1 aliphatic carbocycles. The van der Waals surface area contributed by atoms with Crippen molar-refractivity contribution in [2.75, 3.05) is 5.32 Å². The number of pyridine rings is 1. The van der Waals surface area contributed by atoms with Crippen LogP contribution in [0.2, 0.25) is 0 Å². The van der Waals surface area contributed by atoms with Gasteiger partial charge in [-0.3, -0.25) is 4.98 Å². The molecular weight excluding hydrogens is 608 g/mol. The monoisotopic (exact) mass is 629 g/mol. The molecule has 0 bridgehead atoms. The number of fused-ring (bicyclic) bond motifs is 1. The first-order chi connectivity index (χ1) is 19.0. The molecule has 0 radical (unpaired) electrons. The number of carboxylic acids is 2. The van der Waals surface area contributed by atoms with Crippen molar-refractivity contribution in [1.29, 1.82) is 0 Å². The molecule has 4 rings (SSSR count). The van der Waals surface area contributed by atoms with E-state index in [1.807, 2.05) is 12.1 Å². The van der Waals surface area contributed by atoms with Crippen molar-refractivity contribution in [3.63, 3.8) is 0 Å². The van der Waals surface area contributed by atoms with Gasteiger partial charge in [-0.1, -0.05) is 12.1 Å². The van der Waals surface area contributed by atoms with Gasteiger partial charge in [-0.2, -0.15) is 26.3 Å². The SMILES string of the molecule is O=C(O)C(F)(F)F.O=C(O)C(F)(F)F.O=S(=O)(NC1CCc2nc(NCc3cccnc3)ncc2C1)c1cccs1. The van der Waals surface area contributed by atoms with Crippen LogP contribution in [0.15, 0.2) is 52.4 Å². The molecule has 3 aromatic heterocycles. The average Bonchev–Trinajstić information content (AvgIpc) is 3.44. The number of carbonyl (C=O) groups is 2. The Hall–Kier alpha value is -3.84. The van der Waals surface area contributed by atoms with E-state index in [0.717, 1.165) is 29.7 Å². The Balaban J connectivity index is 0.000000349. The molecule has 1 atom stereocenters. The van der Waals surface area contributed by atoms with Crippen LogP contribution in [0.5, 0.6) is 0 Å². The van der Waals surface area contributed by atoms with E-state index in [0.29, 0.717) is 23.1 Å². The second-order valence-electron chi connectivity index (χ2n) is 7.98. The van der Waals surface area contributed by atoms with E-state index in [1.165, 1.54) is 11.3 Å². The van der Waals surface area contributed by atoms with Crippen LogP contribution < -0.4 is 10.0 Å². The Morgan fingerprint density at radius 3 is 2.17 bits per heavy atom. The third kappa shape index (κ3) is 11.3. The third-order valence-electron chi connectivity index (χ3n) is 4.89. The summed E-state index contributed by atoms with van der Waals surface area (Å²) >= 11 is 1.22. The van der Waals surface area contributed by atoms with Gasteiger partial charge in [-0.05, 0) is 47.9 Å². The number of hydrogen-bond donors (Lipinski definition) is 4. The summed E-state index contributed by atoms with van der Waals surface area (Å²) < 4.78 is 91.4. The normalized spacial score (nSPS) is 14.8. The molecule has 0 amide bonds. The molecule has 1 aliphatic rings. The topological polar surface area (TPSA) is 171 Å². The smallest absolute Gasteiger partial charge is 0.475 e. The Kier molecular flexibility index (Phi) is 11.5. The minimum absolute atomic E-state index is 0.137. The van der Waals surface area contributed by atoms with E-state index in [2.05, 4.69) is 25.0 Å². The minimum Gasteiger partial charge on any atom is -0.475 e. The number of halogens is 6. The summed E-state index contributed by atoms with van der Waals surface area (Å²) in [6.45, 7) is 0.607. The fourth-order valence-electron chi connectivity index (χ4n) is 3.07. The molecule has 41 heavy (non-hydrogen) atoms. The highest BCUT2D eigenvalue weighted by Gasteiger charge is 2.38. The lowest BCUT2D eigenvalue weighted by atomic mass is 9.94. The van der Waals surface area contributed by atoms with Gasteiger partial charge < -0.3 is 15.5 Å². The zero-order valence-electron chi connectivity index (χ0n) is 20.5. The second kappa shape index (κ2) is 14.2. The number of thiophene rings is 1. The molecule has 3 heterocycles. The zero-order chi connectivity index (χ0) is 30.8. The number of aromatic nitrogens is 3. The second-order valence-corrected chi connectivity index (χ2v) is 10.9. The van der Waals surface area contributed by atoms with Gasteiger partial charge in [0.15, 0.2) is 0 Å².